The predicted octanol–water partition coefficient (Wildman–Crippen LogP) is 0.381. The molecule has 0 saturated heterocycles. The minimum atomic E-state index is -1.31. The normalized spacial score (nSPS) is 12.6. The second-order valence-corrected chi connectivity index (χ2v) is 3.63. The van der Waals surface area contributed by atoms with Crippen molar-refractivity contribution in [3.05, 3.63) is 11.6 Å². The third kappa shape index (κ3) is 4.00. The highest BCUT2D eigenvalue weighted by Crippen LogP contribution is 2.28. The Balaban J connectivity index is 5.25. The molecule has 0 amide bonds. The van der Waals surface area contributed by atoms with Crippen molar-refractivity contribution in [3.63, 3.8) is 0 Å². The maximum Gasteiger partial charge on any atom is 0.332 e. The van der Waals surface area contributed by atoms with E-state index in [1.165, 1.54) is 14.2 Å². The molecule has 6 nitrogen and oxygen atoms in total. The van der Waals surface area contributed by atoms with Crippen molar-refractivity contribution < 1.29 is 29.3 Å². The lowest BCUT2D eigenvalue weighted by atomic mass is 9.83. The van der Waals surface area contributed by atoms with Crippen LogP contribution in [0.5, 0.6) is 0 Å². The average Bonchev–Trinajstić information content (AvgIpc) is 2.14. The van der Waals surface area contributed by atoms with Crippen LogP contribution in [-0.4, -0.2) is 49.6 Å². The van der Waals surface area contributed by atoms with Gasteiger partial charge in [-0.25, -0.2) is 9.59 Å². The van der Waals surface area contributed by atoms with Gasteiger partial charge in [0.2, 0.25) is 0 Å². The Morgan fingerprint density at radius 2 is 1.62 bits per heavy atom. The predicted molar refractivity (Wildman–Crippen MR) is 55.2 cm³/mol. The Kier molecular flexibility index (Phi) is 5.69. The molecule has 16 heavy (non-hydrogen) atoms. The second kappa shape index (κ2) is 6.24. The maximum atomic E-state index is 11.0. The van der Waals surface area contributed by atoms with E-state index in [0.29, 0.717) is 6.08 Å². The monoisotopic (exact) mass is 232 g/mol. The summed E-state index contributed by atoms with van der Waals surface area (Å²) >= 11 is 0. The van der Waals surface area contributed by atoms with Crippen LogP contribution in [0, 0.1) is 5.41 Å². The Hall–Kier alpha value is -1.40. The molecule has 0 bridgehead atoms. The molecule has 0 aromatic carbocycles. The molecule has 0 unspecified atom stereocenters. The van der Waals surface area contributed by atoms with Gasteiger partial charge in [0.15, 0.2) is 0 Å². The molecule has 0 aliphatic carbocycles. The molecule has 0 aliphatic rings. The van der Waals surface area contributed by atoms with Crippen molar-refractivity contribution in [2.24, 2.45) is 5.41 Å². The van der Waals surface area contributed by atoms with Gasteiger partial charge in [-0.05, 0) is 0 Å². The standard InChI is InChI=1S/C10H16O6/c1-10(5-15-2,6-16-3)7(9(13)14)4-8(11)12/h4H,5-6H2,1-3H3,(H,11,12)(H,13,14). The number of methoxy groups -OCH3 is 2. The molecule has 92 valence electrons. The topological polar surface area (TPSA) is 93.1 Å². The van der Waals surface area contributed by atoms with Crippen LogP contribution >= 0.6 is 0 Å². The van der Waals surface area contributed by atoms with Gasteiger partial charge >= 0.3 is 11.9 Å². The average molecular weight is 232 g/mol. The molecule has 2 N–H and O–H groups in total. The first kappa shape index (κ1) is 14.6. The van der Waals surface area contributed by atoms with Gasteiger partial charge in [0.05, 0.1) is 18.8 Å². The number of carbonyl (C=O) groups is 2. The summed E-state index contributed by atoms with van der Waals surface area (Å²) in [6, 6.07) is 0. The maximum absolute atomic E-state index is 11.0. The molecule has 0 saturated carbocycles. The molecule has 0 atom stereocenters. The smallest absolute Gasteiger partial charge is 0.332 e. The SMILES string of the molecule is COCC(C)(COC)C(=CC(=O)O)C(=O)O. The molecule has 0 spiro atoms. The summed E-state index contributed by atoms with van der Waals surface area (Å²) < 4.78 is 9.79. The molecular weight excluding hydrogens is 216 g/mol. The van der Waals surface area contributed by atoms with Gasteiger partial charge < -0.3 is 19.7 Å². The van der Waals surface area contributed by atoms with E-state index in [1.807, 2.05) is 0 Å². The molecule has 0 fully saturated rings. The number of aliphatic carboxylic acids is 2. The Bertz CT molecular complexity index is 288. The molecule has 0 radical (unpaired) electrons. The van der Waals surface area contributed by atoms with Crippen molar-refractivity contribution in [2.45, 2.75) is 6.92 Å². The zero-order valence-electron chi connectivity index (χ0n) is 9.52. The van der Waals surface area contributed by atoms with Crippen LogP contribution in [-0.2, 0) is 19.1 Å². The van der Waals surface area contributed by atoms with Gasteiger partial charge in [-0.1, -0.05) is 6.92 Å². The van der Waals surface area contributed by atoms with E-state index in [4.69, 9.17) is 19.7 Å². The number of hydrogen-bond acceptors (Lipinski definition) is 4. The summed E-state index contributed by atoms with van der Waals surface area (Å²) in [5, 5.41) is 17.6. The third-order valence-electron chi connectivity index (χ3n) is 2.07. The summed E-state index contributed by atoms with van der Waals surface area (Å²) in [6.07, 6.45) is 0.667. The molecule has 0 heterocycles. The van der Waals surface area contributed by atoms with Crippen molar-refractivity contribution in [2.75, 3.05) is 27.4 Å². The highest BCUT2D eigenvalue weighted by atomic mass is 16.5. The Morgan fingerprint density at radius 1 is 1.19 bits per heavy atom. The number of carboxylic acid groups (broad SMARTS) is 2. The van der Waals surface area contributed by atoms with Crippen LogP contribution in [0.4, 0.5) is 0 Å². The summed E-state index contributed by atoms with van der Waals surface area (Å²) in [6.45, 7) is 1.70. The zero-order valence-corrected chi connectivity index (χ0v) is 9.52. The number of rotatable bonds is 7. The first-order chi connectivity index (χ1) is 7.37. The molecular formula is C10H16O6. The number of hydrogen-bond donors (Lipinski definition) is 2. The summed E-state index contributed by atoms with van der Waals surface area (Å²) in [5.74, 6) is -2.60. The fourth-order valence-corrected chi connectivity index (χ4v) is 1.45. The summed E-state index contributed by atoms with van der Waals surface area (Å²) in [5.41, 5.74) is -1.24. The quantitative estimate of drug-likeness (QED) is 0.616. The van der Waals surface area contributed by atoms with Crippen LogP contribution < -0.4 is 0 Å². The van der Waals surface area contributed by atoms with Crippen molar-refractivity contribution in [3.8, 4) is 0 Å². The highest BCUT2D eigenvalue weighted by Gasteiger charge is 2.34. The summed E-state index contributed by atoms with van der Waals surface area (Å²) in [4.78, 5) is 21.5. The summed E-state index contributed by atoms with van der Waals surface area (Å²) in [7, 11) is 2.82. The van der Waals surface area contributed by atoms with Gasteiger partial charge in [0.25, 0.3) is 0 Å². The van der Waals surface area contributed by atoms with Crippen molar-refractivity contribution in [1.29, 1.82) is 0 Å². The van der Waals surface area contributed by atoms with Crippen LogP contribution in [0.25, 0.3) is 0 Å². The van der Waals surface area contributed by atoms with E-state index in [9.17, 15) is 9.59 Å². The molecule has 6 heteroatoms. The van der Waals surface area contributed by atoms with Gasteiger partial charge in [0.1, 0.15) is 0 Å². The largest absolute Gasteiger partial charge is 0.478 e. The van der Waals surface area contributed by atoms with Crippen LogP contribution in [0.15, 0.2) is 11.6 Å². The van der Waals surface area contributed by atoms with Gasteiger partial charge in [0, 0.05) is 25.7 Å². The third-order valence-corrected chi connectivity index (χ3v) is 2.07. The number of carboxylic acids is 2. The van der Waals surface area contributed by atoms with Gasteiger partial charge in [-0.2, -0.15) is 0 Å². The molecule has 0 rings (SSSR count). The lowest BCUT2D eigenvalue weighted by Crippen LogP contribution is -2.34. The highest BCUT2D eigenvalue weighted by molar-refractivity contribution is 5.95. The van der Waals surface area contributed by atoms with Gasteiger partial charge in [-0.3, -0.25) is 0 Å². The van der Waals surface area contributed by atoms with E-state index in [1.54, 1.807) is 6.92 Å². The first-order valence-electron chi connectivity index (χ1n) is 4.53. The minimum Gasteiger partial charge on any atom is -0.478 e. The van der Waals surface area contributed by atoms with Crippen LogP contribution in [0.1, 0.15) is 6.92 Å². The zero-order chi connectivity index (χ0) is 12.8. The molecule has 0 aromatic heterocycles. The van der Waals surface area contributed by atoms with Crippen LogP contribution in [0.3, 0.4) is 0 Å². The second-order valence-electron chi connectivity index (χ2n) is 3.63. The van der Waals surface area contributed by atoms with E-state index >= 15 is 0 Å². The number of ether oxygens (including phenoxy) is 2. The van der Waals surface area contributed by atoms with Crippen molar-refractivity contribution in [1.82, 2.24) is 0 Å². The lowest BCUT2D eigenvalue weighted by Gasteiger charge is -2.28. The first-order valence-corrected chi connectivity index (χ1v) is 4.53. The van der Waals surface area contributed by atoms with Crippen molar-refractivity contribution >= 4 is 11.9 Å². The molecule has 0 aliphatic heterocycles. The lowest BCUT2D eigenvalue weighted by molar-refractivity contribution is -0.137. The van der Waals surface area contributed by atoms with E-state index in [2.05, 4.69) is 0 Å². The van der Waals surface area contributed by atoms with E-state index < -0.39 is 17.4 Å². The fraction of sp³-hybridized carbons (Fsp3) is 0.600. The fourth-order valence-electron chi connectivity index (χ4n) is 1.45. The Labute approximate surface area is 93.5 Å². The minimum absolute atomic E-state index is 0.0618. The van der Waals surface area contributed by atoms with Crippen LogP contribution in [0.2, 0.25) is 0 Å². The van der Waals surface area contributed by atoms with Gasteiger partial charge in [-0.15, -0.1) is 0 Å². The van der Waals surface area contributed by atoms with E-state index in [0.717, 1.165) is 0 Å². The van der Waals surface area contributed by atoms with E-state index in [-0.39, 0.29) is 18.8 Å². The Morgan fingerprint density at radius 3 is 1.88 bits per heavy atom. The molecule has 0 aromatic rings.